The Bertz CT molecular complexity index is 2050. The molecule has 3 aromatic heterocycles. The molecule has 2 atom stereocenters. The van der Waals surface area contributed by atoms with Gasteiger partial charge in [-0.2, -0.15) is 5.26 Å². The number of hydrogen-bond donors (Lipinski definition) is 1. The van der Waals surface area contributed by atoms with Crippen molar-refractivity contribution in [1.29, 1.82) is 5.26 Å². The number of aromatic nitrogens is 3. The molecule has 1 aromatic carbocycles. The lowest BCUT2D eigenvalue weighted by Gasteiger charge is -2.45. The fourth-order valence-electron chi connectivity index (χ4n) is 6.27. The highest BCUT2D eigenvalue weighted by molar-refractivity contribution is 6.39. The van der Waals surface area contributed by atoms with E-state index in [4.69, 9.17) is 40.5 Å². The van der Waals surface area contributed by atoms with Crippen LogP contribution in [0.1, 0.15) is 50.4 Å². The van der Waals surface area contributed by atoms with E-state index in [1.54, 1.807) is 24.1 Å². The summed E-state index contributed by atoms with van der Waals surface area (Å²) in [6.07, 6.45) is 2.85. The van der Waals surface area contributed by atoms with Crippen LogP contribution in [-0.2, 0) is 4.79 Å². The van der Waals surface area contributed by atoms with Crippen molar-refractivity contribution in [3.63, 3.8) is 0 Å². The summed E-state index contributed by atoms with van der Waals surface area (Å²) in [4.78, 5) is 39.9. The number of carbonyl (C=O) groups is 1. The third-order valence-corrected chi connectivity index (χ3v) is 9.32. The van der Waals surface area contributed by atoms with E-state index in [2.05, 4.69) is 22.6 Å². The van der Waals surface area contributed by atoms with Crippen molar-refractivity contribution in [3.8, 4) is 23.0 Å². The van der Waals surface area contributed by atoms with Gasteiger partial charge in [-0.25, -0.2) is 13.8 Å². The zero-order valence-corrected chi connectivity index (χ0v) is 28.4. The summed E-state index contributed by atoms with van der Waals surface area (Å²) in [6.45, 7) is 13.4. The number of pyridine rings is 3. The number of anilines is 2. The highest BCUT2D eigenvalue weighted by Crippen LogP contribution is 2.44. The monoisotopic (exact) mass is 699 g/mol. The predicted octanol–water partition coefficient (Wildman–Crippen LogP) is 7.18. The molecule has 9 nitrogen and oxygen atoms in total. The van der Waals surface area contributed by atoms with E-state index < -0.39 is 38.5 Å². The fraction of sp³-hybridized carbons (Fsp3) is 0.303. The van der Waals surface area contributed by atoms with Crippen LogP contribution in [-0.4, -0.2) is 50.5 Å². The Balaban J connectivity index is 1.95. The lowest BCUT2D eigenvalue weighted by molar-refractivity contribution is -0.130. The SMILES string of the molecule is C=CC(=O)N1[C@H](C)CN(c2c(C#N)c(=O)n(-c3c(C)ccnc3C(C)C)c3nc(-c4c(F)c(N)c(Cl)c(F)c4Cl)c(Cl)cc23)C[C@@H]1C. The third kappa shape index (κ3) is 5.48. The van der Waals surface area contributed by atoms with Crippen LogP contribution in [0.5, 0.6) is 0 Å². The summed E-state index contributed by atoms with van der Waals surface area (Å²) in [5.74, 6) is -2.73. The van der Waals surface area contributed by atoms with Crippen molar-refractivity contribution in [1.82, 2.24) is 19.4 Å². The molecule has 1 fully saturated rings. The number of fused-ring (bicyclic) bond motifs is 1. The first-order valence-corrected chi connectivity index (χ1v) is 15.8. The minimum atomic E-state index is -1.17. The lowest BCUT2D eigenvalue weighted by atomic mass is 10.0. The maximum absolute atomic E-state index is 15.7. The Morgan fingerprint density at radius 3 is 2.36 bits per heavy atom. The van der Waals surface area contributed by atoms with E-state index in [0.29, 0.717) is 16.9 Å². The number of amides is 1. The summed E-state index contributed by atoms with van der Waals surface area (Å²) < 4.78 is 32.0. The molecule has 0 radical (unpaired) electrons. The van der Waals surface area contributed by atoms with E-state index in [-0.39, 0.29) is 70.0 Å². The van der Waals surface area contributed by atoms with E-state index in [0.717, 1.165) is 0 Å². The van der Waals surface area contributed by atoms with Gasteiger partial charge in [0, 0.05) is 36.8 Å². The summed E-state index contributed by atoms with van der Waals surface area (Å²) in [5.41, 5.74) is 5.09. The Kier molecular flexibility index (Phi) is 9.25. The zero-order chi connectivity index (χ0) is 34.6. The van der Waals surface area contributed by atoms with E-state index in [1.165, 1.54) is 16.7 Å². The van der Waals surface area contributed by atoms with Crippen molar-refractivity contribution >= 4 is 63.1 Å². The molecule has 0 aliphatic carbocycles. The Labute approximate surface area is 284 Å². The summed E-state index contributed by atoms with van der Waals surface area (Å²) in [7, 11) is 0. The molecule has 0 spiro atoms. The van der Waals surface area contributed by atoms with Crippen LogP contribution >= 0.6 is 34.8 Å². The van der Waals surface area contributed by atoms with Gasteiger partial charge in [0.05, 0.1) is 44.1 Å². The molecule has 5 rings (SSSR count). The van der Waals surface area contributed by atoms with Gasteiger partial charge in [0.1, 0.15) is 22.3 Å². The predicted molar refractivity (Wildman–Crippen MR) is 182 cm³/mol. The van der Waals surface area contributed by atoms with Crippen molar-refractivity contribution in [2.24, 2.45) is 0 Å². The molecular weight excluding hydrogens is 671 g/mol. The molecule has 244 valence electrons. The molecule has 0 unspecified atom stereocenters. The first kappa shape index (κ1) is 34.1. The van der Waals surface area contributed by atoms with Crippen LogP contribution < -0.4 is 16.2 Å². The maximum Gasteiger partial charge on any atom is 0.276 e. The molecule has 1 aliphatic rings. The second kappa shape index (κ2) is 12.8. The topological polar surface area (TPSA) is 121 Å². The number of carbonyl (C=O) groups excluding carboxylic acids is 1. The highest BCUT2D eigenvalue weighted by atomic mass is 35.5. The fourth-order valence-corrected chi connectivity index (χ4v) is 7.01. The smallest absolute Gasteiger partial charge is 0.276 e. The molecule has 0 bridgehead atoms. The average Bonchev–Trinajstić information content (AvgIpc) is 3.02. The number of nitriles is 1. The van der Waals surface area contributed by atoms with Crippen molar-refractivity contribution < 1.29 is 13.6 Å². The second-order valence-corrected chi connectivity index (χ2v) is 12.9. The molecule has 4 heterocycles. The van der Waals surface area contributed by atoms with Crippen LogP contribution in [0.15, 0.2) is 35.8 Å². The number of piperazine rings is 1. The van der Waals surface area contributed by atoms with E-state index >= 15 is 8.78 Å². The molecule has 4 aromatic rings. The van der Waals surface area contributed by atoms with Gasteiger partial charge in [-0.05, 0) is 50.5 Å². The van der Waals surface area contributed by atoms with Crippen molar-refractivity contribution in [2.45, 2.75) is 52.6 Å². The lowest BCUT2D eigenvalue weighted by Crippen LogP contribution is -2.58. The minimum Gasteiger partial charge on any atom is -0.395 e. The standard InChI is InChI=1S/C33H30Cl3F2N7O2/c1-7-21(46)44-16(5)12-43(13-17(44)6)31-18-10-20(34)29(22-23(35)26(38)24(36)27(40)25(22)37)42-32(18)45(33(47)19(31)11-39)30-15(4)8-9-41-28(30)14(2)3/h7-10,14,16-17H,1,12-13,40H2,2-6H3/t16-,17+. The van der Waals surface area contributed by atoms with Gasteiger partial charge in [-0.1, -0.05) is 55.2 Å². The van der Waals surface area contributed by atoms with Crippen LogP contribution in [0.2, 0.25) is 15.1 Å². The Hall–Kier alpha value is -4.24. The number of halogens is 5. The largest absolute Gasteiger partial charge is 0.395 e. The summed E-state index contributed by atoms with van der Waals surface area (Å²) in [5, 5.41) is 9.22. The number of nitrogens with two attached hydrogens (primary N) is 1. The molecule has 1 aliphatic heterocycles. The zero-order valence-electron chi connectivity index (χ0n) is 26.1. The van der Waals surface area contributed by atoms with Crippen molar-refractivity contribution in [3.05, 3.63) is 84.9 Å². The molecule has 0 saturated carbocycles. The second-order valence-electron chi connectivity index (χ2n) is 11.8. The number of benzene rings is 1. The summed E-state index contributed by atoms with van der Waals surface area (Å²) >= 11 is 18.9. The molecular formula is C33H30Cl3F2N7O2. The average molecular weight is 701 g/mol. The van der Waals surface area contributed by atoms with Crippen molar-refractivity contribution in [2.75, 3.05) is 23.7 Å². The molecule has 1 saturated heterocycles. The van der Waals surface area contributed by atoms with Crippen LogP contribution in [0.4, 0.5) is 20.2 Å². The molecule has 2 N–H and O–H groups in total. The minimum absolute atomic E-state index is 0.0179. The van der Waals surface area contributed by atoms with Crippen LogP contribution in [0.3, 0.4) is 0 Å². The van der Waals surface area contributed by atoms with Gasteiger partial charge in [0.15, 0.2) is 11.6 Å². The number of nitrogen functional groups attached to an aromatic ring is 1. The van der Waals surface area contributed by atoms with Gasteiger partial charge in [-0.3, -0.25) is 19.1 Å². The first-order chi connectivity index (χ1) is 22.2. The van der Waals surface area contributed by atoms with Gasteiger partial charge in [-0.15, -0.1) is 0 Å². The van der Waals surface area contributed by atoms with Crippen LogP contribution in [0, 0.1) is 29.9 Å². The molecule has 14 heteroatoms. The van der Waals surface area contributed by atoms with Gasteiger partial charge < -0.3 is 15.5 Å². The maximum atomic E-state index is 15.7. The van der Waals surface area contributed by atoms with E-state index in [9.17, 15) is 14.9 Å². The third-order valence-electron chi connectivity index (χ3n) is 8.31. The van der Waals surface area contributed by atoms with Gasteiger partial charge in [0.2, 0.25) is 5.91 Å². The van der Waals surface area contributed by atoms with E-state index in [1.807, 2.05) is 32.6 Å². The number of nitrogens with zero attached hydrogens (tertiary/aromatic N) is 6. The quantitative estimate of drug-likeness (QED) is 0.101. The Morgan fingerprint density at radius 1 is 1.15 bits per heavy atom. The Morgan fingerprint density at radius 2 is 1.79 bits per heavy atom. The highest BCUT2D eigenvalue weighted by Gasteiger charge is 2.36. The molecule has 1 amide bonds. The molecule has 47 heavy (non-hydrogen) atoms. The van der Waals surface area contributed by atoms with Gasteiger partial charge in [0.25, 0.3) is 5.56 Å². The number of hydrogen-bond acceptors (Lipinski definition) is 7. The van der Waals surface area contributed by atoms with Gasteiger partial charge >= 0.3 is 0 Å². The number of rotatable bonds is 5. The number of aryl methyl sites for hydroxylation is 1. The summed E-state index contributed by atoms with van der Waals surface area (Å²) in [6, 6.07) is 4.56. The van der Waals surface area contributed by atoms with Crippen LogP contribution in [0.25, 0.3) is 28.0 Å². The normalized spacial score (nSPS) is 16.6. The first-order valence-electron chi connectivity index (χ1n) is 14.6.